The molecule has 2 aromatic carbocycles. The van der Waals surface area contributed by atoms with Gasteiger partial charge in [0.1, 0.15) is 11.8 Å². The Morgan fingerprint density at radius 2 is 1.95 bits per heavy atom. The first-order valence-electron chi connectivity index (χ1n) is 6.60. The van der Waals surface area contributed by atoms with Crippen molar-refractivity contribution in [2.24, 2.45) is 5.73 Å². The average molecular weight is 303 g/mol. The van der Waals surface area contributed by atoms with E-state index in [9.17, 15) is 4.79 Å². The molecule has 21 heavy (non-hydrogen) atoms. The number of hydrogen-bond acceptors (Lipinski definition) is 3. The Hall–Kier alpha value is -2.04. The molecule has 1 saturated heterocycles. The molecule has 108 valence electrons. The first-order valence-corrected chi connectivity index (χ1v) is 6.98. The van der Waals surface area contributed by atoms with Gasteiger partial charge in [-0.3, -0.25) is 4.79 Å². The maximum absolute atomic E-state index is 12.2. The predicted molar refractivity (Wildman–Crippen MR) is 82.6 cm³/mol. The highest BCUT2D eigenvalue weighted by molar-refractivity contribution is 6.30. The molecule has 0 spiro atoms. The lowest BCUT2D eigenvalue weighted by Crippen LogP contribution is -2.63. The molecule has 1 aliphatic rings. The molecule has 5 heteroatoms. The third-order valence-corrected chi connectivity index (χ3v) is 3.90. The topological polar surface area (TPSA) is 55.6 Å². The van der Waals surface area contributed by atoms with Crippen LogP contribution in [0.3, 0.4) is 0 Å². The van der Waals surface area contributed by atoms with Crippen LogP contribution in [0.4, 0.5) is 5.69 Å². The molecule has 0 bridgehead atoms. The maximum atomic E-state index is 12.2. The third kappa shape index (κ3) is 2.37. The van der Waals surface area contributed by atoms with E-state index in [1.54, 1.807) is 18.1 Å². The summed E-state index contributed by atoms with van der Waals surface area (Å²) in [4.78, 5) is 13.8. The minimum absolute atomic E-state index is 0.103. The molecule has 0 radical (unpaired) electrons. The molecule has 2 aromatic rings. The van der Waals surface area contributed by atoms with Crippen LogP contribution in [0.1, 0.15) is 11.6 Å². The van der Waals surface area contributed by atoms with Crippen molar-refractivity contribution in [3.8, 4) is 5.75 Å². The normalized spacial score (nSPS) is 21.1. The summed E-state index contributed by atoms with van der Waals surface area (Å²) in [5.41, 5.74) is 7.68. The summed E-state index contributed by atoms with van der Waals surface area (Å²) in [7, 11) is 1.59. The molecule has 4 nitrogen and oxygen atoms in total. The van der Waals surface area contributed by atoms with E-state index in [1.165, 1.54) is 0 Å². The fourth-order valence-electron chi connectivity index (χ4n) is 2.61. The van der Waals surface area contributed by atoms with Crippen molar-refractivity contribution in [1.29, 1.82) is 0 Å². The smallest absolute Gasteiger partial charge is 0.247 e. The number of nitrogens with two attached hydrogens (primary N) is 1. The summed E-state index contributed by atoms with van der Waals surface area (Å²) in [6.07, 6.45) is 0. The van der Waals surface area contributed by atoms with Crippen molar-refractivity contribution < 1.29 is 9.53 Å². The molecule has 1 amide bonds. The SMILES string of the molecule is COc1cccc(N2C(=O)[C@@H](N)[C@@H]2c2cccc(Cl)c2)c1. The number of β-lactam (4-membered cyclic amide) rings is 1. The Labute approximate surface area is 128 Å². The van der Waals surface area contributed by atoms with Gasteiger partial charge in [0, 0.05) is 16.8 Å². The summed E-state index contributed by atoms with van der Waals surface area (Å²) >= 11 is 6.03. The van der Waals surface area contributed by atoms with Crippen LogP contribution in [0, 0.1) is 0 Å². The monoisotopic (exact) mass is 302 g/mol. The molecule has 2 atom stereocenters. The van der Waals surface area contributed by atoms with E-state index >= 15 is 0 Å². The van der Waals surface area contributed by atoms with Crippen LogP contribution in [0.25, 0.3) is 0 Å². The number of methoxy groups -OCH3 is 1. The second kappa shape index (κ2) is 5.39. The van der Waals surface area contributed by atoms with Crippen molar-refractivity contribution >= 4 is 23.2 Å². The molecule has 0 aromatic heterocycles. The molecule has 0 unspecified atom stereocenters. The van der Waals surface area contributed by atoms with Gasteiger partial charge in [-0.05, 0) is 29.8 Å². The van der Waals surface area contributed by atoms with Gasteiger partial charge in [-0.15, -0.1) is 0 Å². The second-order valence-corrected chi connectivity index (χ2v) is 5.37. The fraction of sp³-hybridized carbons (Fsp3) is 0.188. The van der Waals surface area contributed by atoms with E-state index in [2.05, 4.69) is 0 Å². The van der Waals surface area contributed by atoms with Gasteiger partial charge in [-0.2, -0.15) is 0 Å². The number of carbonyl (C=O) groups is 1. The fourth-order valence-corrected chi connectivity index (χ4v) is 2.81. The minimum Gasteiger partial charge on any atom is -0.497 e. The Balaban J connectivity index is 1.98. The Bertz CT molecular complexity index is 689. The van der Waals surface area contributed by atoms with Gasteiger partial charge in [-0.1, -0.05) is 29.8 Å². The van der Waals surface area contributed by atoms with E-state index in [0.717, 1.165) is 11.3 Å². The van der Waals surface area contributed by atoms with Crippen molar-refractivity contribution in [3.63, 3.8) is 0 Å². The van der Waals surface area contributed by atoms with Crippen LogP contribution >= 0.6 is 11.6 Å². The van der Waals surface area contributed by atoms with Crippen LogP contribution < -0.4 is 15.4 Å². The highest BCUT2D eigenvalue weighted by Crippen LogP contribution is 2.39. The Morgan fingerprint density at radius 3 is 2.67 bits per heavy atom. The molecule has 0 saturated carbocycles. The van der Waals surface area contributed by atoms with Gasteiger partial charge in [0.15, 0.2) is 0 Å². The Morgan fingerprint density at radius 1 is 1.19 bits per heavy atom. The lowest BCUT2D eigenvalue weighted by molar-refractivity contribution is -0.126. The number of amides is 1. The number of halogens is 1. The molecule has 1 fully saturated rings. The standard InChI is InChI=1S/C16H15ClN2O2/c1-21-13-7-3-6-12(9-13)19-15(14(18)16(19)20)10-4-2-5-11(17)8-10/h2-9,14-15H,18H2,1H3/t14-,15-/m0/s1. The van der Waals surface area contributed by atoms with Crippen molar-refractivity contribution in [2.45, 2.75) is 12.1 Å². The van der Waals surface area contributed by atoms with E-state index in [4.69, 9.17) is 22.1 Å². The second-order valence-electron chi connectivity index (χ2n) is 4.94. The zero-order valence-electron chi connectivity index (χ0n) is 11.5. The van der Waals surface area contributed by atoms with E-state index < -0.39 is 6.04 Å². The first kappa shape index (κ1) is 13.9. The third-order valence-electron chi connectivity index (χ3n) is 3.66. The minimum atomic E-state index is -0.547. The molecule has 3 rings (SSSR count). The van der Waals surface area contributed by atoms with E-state index in [0.29, 0.717) is 10.8 Å². The van der Waals surface area contributed by atoms with Crippen LogP contribution in [-0.2, 0) is 4.79 Å². The van der Waals surface area contributed by atoms with E-state index in [1.807, 2.05) is 42.5 Å². The number of nitrogens with zero attached hydrogens (tertiary/aromatic N) is 1. The summed E-state index contributed by atoms with van der Waals surface area (Å²) in [6.45, 7) is 0. The quantitative estimate of drug-likeness (QED) is 0.887. The number of hydrogen-bond donors (Lipinski definition) is 1. The maximum Gasteiger partial charge on any atom is 0.247 e. The van der Waals surface area contributed by atoms with E-state index in [-0.39, 0.29) is 11.9 Å². The van der Waals surface area contributed by atoms with Crippen molar-refractivity contribution in [2.75, 3.05) is 12.0 Å². The number of carbonyl (C=O) groups excluding carboxylic acids is 1. The number of anilines is 1. The Kier molecular flexibility index (Phi) is 3.57. The predicted octanol–water partition coefficient (Wildman–Crippen LogP) is 2.76. The zero-order valence-corrected chi connectivity index (χ0v) is 12.2. The van der Waals surface area contributed by atoms with Gasteiger partial charge in [0.2, 0.25) is 5.91 Å². The summed E-state index contributed by atoms with van der Waals surface area (Å²) < 4.78 is 5.21. The average Bonchev–Trinajstić information content (AvgIpc) is 2.51. The molecule has 1 aliphatic heterocycles. The largest absolute Gasteiger partial charge is 0.497 e. The van der Waals surface area contributed by atoms with Gasteiger partial charge >= 0.3 is 0 Å². The highest BCUT2D eigenvalue weighted by atomic mass is 35.5. The number of benzene rings is 2. The zero-order chi connectivity index (χ0) is 15.0. The van der Waals surface area contributed by atoms with Crippen LogP contribution in [-0.4, -0.2) is 19.1 Å². The van der Waals surface area contributed by atoms with Gasteiger partial charge < -0.3 is 15.4 Å². The highest BCUT2D eigenvalue weighted by Gasteiger charge is 2.46. The molecular formula is C16H15ClN2O2. The molecule has 1 heterocycles. The van der Waals surface area contributed by atoms with Crippen molar-refractivity contribution in [1.82, 2.24) is 0 Å². The number of ether oxygens (including phenoxy) is 1. The number of rotatable bonds is 3. The summed E-state index contributed by atoms with van der Waals surface area (Å²) in [5, 5.41) is 0.629. The lowest BCUT2D eigenvalue weighted by Gasteiger charge is -2.45. The molecule has 2 N–H and O–H groups in total. The summed E-state index contributed by atoms with van der Waals surface area (Å²) in [6, 6.07) is 14.0. The van der Waals surface area contributed by atoms with Gasteiger partial charge in [0.05, 0.1) is 13.2 Å². The van der Waals surface area contributed by atoms with Gasteiger partial charge in [-0.25, -0.2) is 0 Å². The van der Waals surface area contributed by atoms with Crippen molar-refractivity contribution in [3.05, 3.63) is 59.1 Å². The van der Waals surface area contributed by atoms with Crippen LogP contribution in [0.15, 0.2) is 48.5 Å². The molecular weight excluding hydrogens is 288 g/mol. The van der Waals surface area contributed by atoms with Gasteiger partial charge in [0.25, 0.3) is 0 Å². The molecule has 0 aliphatic carbocycles. The van der Waals surface area contributed by atoms with Crippen LogP contribution in [0.5, 0.6) is 5.75 Å². The lowest BCUT2D eigenvalue weighted by atomic mass is 9.88. The first-order chi connectivity index (χ1) is 10.1. The summed E-state index contributed by atoms with van der Waals surface area (Å²) in [5.74, 6) is 0.596. The van der Waals surface area contributed by atoms with Crippen LogP contribution in [0.2, 0.25) is 5.02 Å².